The van der Waals surface area contributed by atoms with Crippen molar-refractivity contribution in [1.82, 2.24) is 15.1 Å². The molecule has 0 radical (unpaired) electrons. The van der Waals surface area contributed by atoms with E-state index in [1.807, 2.05) is 12.3 Å². The number of hydrogen-bond acceptors (Lipinski definition) is 5. The summed E-state index contributed by atoms with van der Waals surface area (Å²) in [6, 6.07) is 6.52. The Bertz CT molecular complexity index is 710. The standard InChI is InChI=1S/C15H17N5O3/c21-15(18-12-3-4-12)11-2-5-13(14(10-11)20(22)23)16-7-9-19-8-1-6-17-19/h1-2,5-6,8,10,12,16H,3-4,7,9H2,(H,18,21). The highest BCUT2D eigenvalue weighted by molar-refractivity contribution is 5.96. The van der Waals surface area contributed by atoms with Crippen LogP contribution in [-0.2, 0) is 6.54 Å². The molecule has 2 N–H and O–H groups in total. The van der Waals surface area contributed by atoms with Crippen molar-refractivity contribution in [2.24, 2.45) is 0 Å². The first-order valence-electron chi connectivity index (χ1n) is 7.44. The lowest BCUT2D eigenvalue weighted by molar-refractivity contribution is -0.384. The van der Waals surface area contributed by atoms with E-state index in [0.29, 0.717) is 24.3 Å². The molecule has 1 saturated carbocycles. The minimum atomic E-state index is -0.482. The number of rotatable bonds is 7. The van der Waals surface area contributed by atoms with Crippen LogP contribution in [0.1, 0.15) is 23.2 Å². The Morgan fingerprint density at radius 1 is 1.43 bits per heavy atom. The molecular weight excluding hydrogens is 298 g/mol. The van der Waals surface area contributed by atoms with Crippen molar-refractivity contribution >= 4 is 17.3 Å². The second-order valence-electron chi connectivity index (χ2n) is 5.43. The molecule has 1 heterocycles. The van der Waals surface area contributed by atoms with Crippen molar-refractivity contribution in [3.63, 3.8) is 0 Å². The zero-order valence-corrected chi connectivity index (χ0v) is 12.4. The molecule has 8 heteroatoms. The number of nitrogens with one attached hydrogen (secondary N) is 2. The van der Waals surface area contributed by atoms with Crippen LogP contribution in [0.2, 0.25) is 0 Å². The van der Waals surface area contributed by atoms with E-state index in [1.54, 1.807) is 23.0 Å². The molecule has 1 fully saturated rings. The van der Waals surface area contributed by atoms with Gasteiger partial charge in [0.2, 0.25) is 0 Å². The lowest BCUT2D eigenvalue weighted by Crippen LogP contribution is -2.25. The van der Waals surface area contributed by atoms with Gasteiger partial charge < -0.3 is 10.6 Å². The van der Waals surface area contributed by atoms with Gasteiger partial charge in [-0.15, -0.1) is 0 Å². The molecule has 120 valence electrons. The minimum absolute atomic E-state index is 0.103. The summed E-state index contributed by atoms with van der Waals surface area (Å²) in [5.41, 5.74) is 0.597. The van der Waals surface area contributed by atoms with Gasteiger partial charge in [-0.25, -0.2) is 0 Å². The Balaban J connectivity index is 1.68. The average molecular weight is 315 g/mol. The lowest BCUT2D eigenvalue weighted by Gasteiger charge is -2.09. The summed E-state index contributed by atoms with van der Waals surface area (Å²) in [5.74, 6) is -0.265. The molecule has 0 spiro atoms. The van der Waals surface area contributed by atoms with E-state index in [9.17, 15) is 14.9 Å². The molecule has 0 aliphatic heterocycles. The van der Waals surface area contributed by atoms with E-state index < -0.39 is 4.92 Å². The molecule has 0 saturated heterocycles. The van der Waals surface area contributed by atoms with Crippen LogP contribution in [0.5, 0.6) is 0 Å². The fourth-order valence-corrected chi connectivity index (χ4v) is 2.21. The predicted molar refractivity (Wildman–Crippen MR) is 84.3 cm³/mol. The summed E-state index contributed by atoms with van der Waals surface area (Å²) < 4.78 is 1.73. The normalized spacial score (nSPS) is 13.6. The number of carbonyl (C=O) groups excluding carboxylic acids is 1. The van der Waals surface area contributed by atoms with Crippen LogP contribution in [0.25, 0.3) is 0 Å². The fraction of sp³-hybridized carbons (Fsp3) is 0.333. The first-order chi connectivity index (χ1) is 11.1. The SMILES string of the molecule is O=C(NC1CC1)c1ccc(NCCn2cccn2)c([N+](=O)[O-])c1. The third kappa shape index (κ3) is 3.85. The number of hydrogen-bond donors (Lipinski definition) is 2. The van der Waals surface area contributed by atoms with Crippen LogP contribution in [0, 0.1) is 10.1 Å². The second-order valence-corrected chi connectivity index (χ2v) is 5.43. The molecule has 1 aliphatic carbocycles. The summed E-state index contributed by atoms with van der Waals surface area (Å²) in [6.07, 6.45) is 5.44. The van der Waals surface area contributed by atoms with Gasteiger partial charge in [-0.05, 0) is 31.0 Å². The lowest BCUT2D eigenvalue weighted by atomic mass is 10.1. The Kier molecular flexibility index (Phi) is 4.22. The van der Waals surface area contributed by atoms with E-state index in [2.05, 4.69) is 15.7 Å². The van der Waals surface area contributed by atoms with Crippen LogP contribution >= 0.6 is 0 Å². The quantitative estimate of drug-likeness (QED) is 0.599. The molecule has 1 aliphatic rings. The van der Waals surface area contributed by atoms with Gasteiger partial charge in [-0.1, -0.05) is 0 Å². The van der Waals surface area contributed by atoms with Gasteiger partial charge in [0.25, 0.3) is 11.6 Å². The second kappa shape index (κ2) is 6.47. The van der Waals surface area contributed by atoms with Gasteiger partial charge in [0, 0.05) is 36.6 Å². The zero-order valence-electron chi connectivity index (χ0n) is 12.4. The van der Waals surface area contributed by atoms with Crippen molar-refractivity contribution in [2.45, 2.75) is 25.4 Å². The van der Waals surface area contributed by atoms with E-state index in [0.717, 1.165) is 12.8 Å². The van der Waals surface area contributed by atoms with E-state index in [1.165, 1.54) is 6.07 Å². The van der Waals surface area contributed by atoms with Gasteiger partial charge in [0.05, 0.1) is 11.5 Å². The number of nitro groups is 1. The summed E-state index contributed by atoms with van der Waals surface area (Å²) in [5, 5.41) is 21.1. The van der Waals surface area contributed by atoms with Crippen molar-refractivity contribution in [2.75, 3.05) is 11.9 Å². The molecule has 0 atom stereocenters. The summed E-state index contributed by atoms with van der Waals surface area (Å²) in [6.45, 7) is 1.09. The molecule has 2 aromatic rings. The van der Waals surface area contributed by atoms with Crippen molar-refractivity contribution in [3.8, 4) is 0 Å². The maximum atomic E-state index is 12.0. The Hall–Kier alpha value is -2.90. The van der Waals surface area contributed by atoms with Gasteiger partial charge in [-0.2, -0.15) is 5.10 Å². The number of aromatic nitrogens is 2. The number of carbonyl (C=O) groups is 1. The Morgan fingerprint density at radius 3 is 2.91 bits per heavy atom. The third-order valence-corrected chi connectivity index (χ3v) is 3.58. The molecule has 23 heavy (non-hydrogen) atoms. The van der Waals surface area contributed by atoms with Crippen LogP contribution in [0.3, 0.4) is 0 Å². The Labute approximate surface area is 132 Å². The van der Waals surface area contributed by atoms with Crippen LogP contribution < -0.4 is 10.6 Å². The largest absolute Gasteiger partial charge is 0.378 e. The number of benzene rings is 1. The van der Waals surface area contributed by atoms with E-state index in [4.69, 9.17) is 0 Å². The number of nitro benzene ring substituents is 1. The van der Waals surface area contributed by atoms with Crippen LogP contribution in [-0.4, -0.2) is 33.2 Å². The van der Waals surface area contributed by atoms with Crippen LogP contribution in [0.4, 0.5) is 11.4 Å². The smallest absolute Gasteiger partial charge is 0.293 e. The molecular formula is C15H17N5O3. The van der Waals surface area contributed by atoms with Gasteiger partial charge in [0.15, 0.2) is 0 Å². The first-order valence-corrected chi connectivity index (χ1v) is 7.44. The zero-order chi connectivity index (χ0) is 16.2. The van der Waals surface area contributed by atoms with Gasteiger partial charge >= 0.3 is 0 Å². The summed E-state index contributed by atoms with van der Waals surface area (Å²) >= 11 is 0. The van der Waals surface area contributed by atoms with E-state index >= 15 is 0 Å². The molecule has 1 aromatic carbocycles. The van der Waals surface area contributed by atoms with Crippen molar-refractivity contribution < 1.29 is 9.72 Å². The van der Waals surface area contributed by atoms with E-state index in [-0.39, 0.29) is 17.6 Å². The summed E-state index contributed by atoms with van der Waals surface area (Å²) in [7, 11) is 0. The maximum Gasteiger partial charge on any atom is 0.293 e. The first kappa shape index (κ1) is 15.0. The van der Waals surface area contributed by atoms with Crippen LogP contribution in [0.15, 0.2) is 36.7 Å². The highest BCUT2D eigenvalue weighted by Gasteiger charge is 2.25. The topological polar surface area (TPSA) is 102 Å². The third-order valence-electron chi connectivity index (χ3n) is 3.58. The molecule has 1 aromatic heterocycles. The van der Waals surface area contributed by atoms with Crippen molar-refractivity contribution in [1.29, 1.82) is 0 Å². The number of nitrogens with zero attached hydrogens (tertiary/aromatic N) is 3. The molecule has 3 rings (SSSR count). The number of anilines is 1. The molecule has 8 nitrogen and oxygen atoms in total. The monoisotopic (exact) mass is 315 g/mol. The molecule has 1 amide bonds. The van der Waals surface area contributed by atoms with Crippen molar-refractivity contribution in [3.05, 3.63) is 52.3 Å². The fourth-order valence-electron chi connectivity index (χ4n) is 2.21. The summed E-state index contributed by atoms with van der Waals surface area (Å²) in [4.78, 5) is 22.7. The molecule has 0 bridgehead atoms. The maximum absolute atomic E-state index is 12.0. The molecule has 0 unspecified atom stereocenters. The minimum Gasteiger partial charge on any atom is -0.378 e. The van der Waals surface area contributed by atoms with Gasteiger partial charge in [0.1, 0.15) is 5.69 Å². The highest BCUT2D eigenvalue weighted by Crippen LogP contribution is 2.26. The predicted octanol–water partition coefficient (Wildman–Crippen LogP) is 1.80. The average Bonchev–Trinajstić information content (AvgIpc) is 3.19. The highest BCUT2D eigenvalue weighted by atomic mass is 16.6. The van der Waals surface area contributed by atoms with Gasteiger partial charge in [-0.3, -0.25) is 19.6 Å². The Morgan fingerprint density at radius 2 is 2.26 bits per heavy atom. The number of amides is 1.